The molecule has 0 aromatic heterocycles. The molecule has 0 saturated heterocycles. The van der Waals surface area contributed by atoms with Gasteiger partial charge in [0.05, 0.1) is 25.9 Å². The van der Waals surface area contributed by atoms with Gasteiger partial charge in [-0.05, 0) is 48.9 Å². The van der Waals surface area contributed by atoms with Crippen molar-refractivity contribution in [2.24, 2.45) is 17.6 Å². The molecule has 0 spiro atoms. The maximum atomic E-state index is 8.97. The standard InChI is InChI=1S/C17H24N2O2/c1-20-17-8-13(6-7-15(17)10-19)11-21-12-16-5-3-2-4-14(16)9-18/h6-8,14,16H,2-5,9,11-12,18H2,1H3. The van der Waals surface area contributed by atoms with Crippen molar-refractivity contribution < 1.29 is 9.47 Å². The molecule has 2 N–H and O–H groups in total. The molecule has 0 aliphatic heterocycles. The van der Waals surface area contributed by atoms with Crippen LogP contribution in [0.25, 0.3) is 0 Å². The fourth-order valence-corrected chi connectivity index (χ4v) is 3.06. The highest BCUT2D eigenvalue weighted by Crippen LogP contribution is 2.29. The molecule has 2 unspecified atom stereocenters. The normalized spacial score (nSPS) is 21.8. The number of methoxy groups -OCH3 is 1. The fourth-order valence-electron chi connectivity index (χ4n) is 3.06. The molecule has 1 aromatic carbocycles. The summed E-state index contributed by atoms with van der Waals surface area (Å²) in [7, 11) is 1.58. The maximum absolute atomic E-state index is 8.97. The van der Waals surface area contributed by atoms with Crippen molar-refractivity contribution in [2.45, 2.75) is 32.3 Å². The molecule has 4 nitrogen and oxygen atoms in total. The van der Waals surface area contributed by atoms with E-state index in [9.17, 15) is 0 Å². The summed E-state index contributed by atoms with van der Waals surface area (Å²) >= 11 is 0. The second kappa shape index (κ2) is 8.02. The van der Waals surface area contributed by atoms with Crippen molar-refractivity contribution in [3.8, 4) is 11.8 Å². The quantitative estimate of drug-likeness (QED) is 0.874. The molecular formula is C17H24N2O2. The molecule has 1 aromatic rings. The van der Waals surface area contributed by atoms with Crippen LogP contribution in [-0.2, 0) is 11.3 Å². The lowest BCUT2D eigenvalue weighted by atomic mass is 9.80. The number of hydrogen-bond donors (Lipinski definition) is 1. The Hall–Kier alpha value is -1.57. The van der Waals surface area contributed by atoms with E-state index in [0.29, 0.717) is 29.8 Å². The first-order chi connectivity index (χ1) is 10.3. The number of hydrogen-bond acceptors (Lipinski definition) is 4. The van der Waals surface area contributed by atoms with Gasteiger partial charge >= 0.3 is 0 Å². The molecule has 1 fully saturated rings. The van der Waals surface area contributed by atoms with E-state index in [1.165, 1.54) is 25.7 Å². The van der Waals surface area contributed by atoms with Gasteiger partial charge in [0.15, 0.2) is 0 Å². The molecule has 0 heterocycles. The third-order valence-corrected chi connectivity index (χ3v) is 4.36. The lowest BCUT2D eigenvalue weighted by Crippen LogP contribution is -2.29. The van der Waals surface area contributed by atoms with Crippen LogP contribution in [0.15, 0.2) is 18.2 Å². The predicted octanol–water partition coefficient (Wildman–Crippen LogP) is 2.85. The molecule has 0 bridgehead atoms. The van der Waals surface area contributed by atoms with Crippen molar-refractivity contribution in [3.63, 3.8) is 0 Å². The topological polar surface area (TPSA) is 68.3 Å². The zero-order valence-corrected chi connectivity index (χ0v) is 12.7. The summed E-state index contributed by atoms with van der Waals surface area (Å²) in [6.07, 6.45) is 5.04. The molecule has 21 heavy (non-hydrogen) atoms. The van der Waals surface area contributed by atoms with Crippen LogP contribution in [0.3, 0.4) is 0 Å². The van der Waals surface area contributed by atoms with Gasteiger partial charge in [-0.3, -0.25) is 0 Å². The van der Waals surface area contributed by atoms with E-state index >= 15 is 0 Å². The van der Waals surface area contributed by atoms with Crippen LogP contribution >= 0.6 is 0 Å². The summed E-state index contributed by atoms with van der Waals surface area (Å²) in [6, 6.07) is 7.69. The zero-order valence-electron chi connectivity index (χ0n) is 12.7. The number of nitrogens with zero attached hydrogens (tertiary/aromatic N) is 1. The van der Waals surface area contributed by atoms with E-state index < -0.39 is 0 Å². The fraction of sp³-hybridized carbons (Fsp3) is 0.588. The highest BCUT2D eigenvalue weighted by atomic mass is 16.5. The van der Waals surface area contributed by atoms with Crippen LogP contribution < -0.4 is 10.5 Å². The number of nitrogens with two attached hydrogens (primary N) is 1. The summed E-state index contributed by atoms with van der Waals surface area (Å²) in [5.41, 5.74) is 7.43. The molecule has 4 heteroatoms. The van der Waals surface area contributed by atoms with Gasteiger partial charge in [0, 0.05) is 0 Å². The lowest BCUT2D eigenvalue weighted by Gasteiger charge is -2.30. The molecule has 2 rings (SSSR count). The minimum Gasteiger partial charge on any atom is -0.495 e. The van der Waals surface area contributed by atoms with Crippen LogP contribution in [0.4, 0.5) is 0 Å². The Labute approximate surface area is 126 Å². The molecular weight excluding hydrogens is 264 g/mol. The first-order valence-electron chi connectivity index (χ1n) is 7.63. The Morgan fingerprint density at radius 3 is 2.71 bits per heavy atom. The van der Waals surface area contributed by atoms with Gasteiger partial charge in [0.2, 0.25) is 0 Å². The van der Waals surface area contributed by atoms with Gasteiger partial charge in [-0.25, -0.2) is 0 Å². The van der Waals surface area contributed by atoms with Crippen LogP contribution in [0.2, 0.25) is 0 Å². The van der Waals surface area contributed by atoms with E-state index in [1.54, 1.807) is 13.2 Å². The van der Waals surface area contributed by atoms with Crippen LogP contribution in [-0.4, -0.2) is 20.3 Å². The molecule has 0 amide bonds. The highest BCUT2D eigenvalue weighted by molar-refractivity contribution is 5.45. The second-order valence-electron chi connectivity index (χ2n) is 5.70. The first-order valence-corrected chi connectivity index (χ1v) is 7.63. The largest absolute Gasteiger partial charge is 0.495 e. The SMILES string of the molecule is COc1cc(COCC2CCCCC2CN)ccc1C#N. The van der Waals surface area contributed by atoms with Crippen LogP contribution in [0, 0.1) is 23.2 Å². The van der Waals surface area contributed by atoms with Crippen LogP contribution in [0.1, 0.15) is 36.8 Å². The van der Waals surface area contributed by atoms with E-state index in [-0.39, 0.29) is 0 Å². The summed E-state index contributed by atoms with van der Waals surface area (Å²) in [4.78, 5) is 0. The third-order valence-electron chi connectivity index (χ3n) is 4.36. The second-order valence-corrected chi connectivity index (χ2v) is 5.70. The number of benzene rings is 1. The summed E-state index contributed by atoms with van der Waals surface area (Å²) < 4.78 is 11.1. The maximum Gasteiger partial charge on any atom is 0.136 e. The Kier molecular flexibility index (Phi) is 6.04. The summed E-state index contributed by atoms with van der Waals surface area (Å²) in [6.45, 7) is 2.08. The van der Waals surface area contributed by atoms with Gasteiger partial charge in [-0.2, -0.15) is 5.26 Å². The minimum absolute atomic E-state index is 0.551. The summed E-state index contributed by atoms with van der Waals surface area (Å²) in [5.74, 6) is 1.80. The van der Waals surface area contributed by atoms with E-state index in [0.717, 1.165) is 18.7 Å². The van der Waals surface area contributed by atoms with Crippen LogP contribution in [0.5, 0.6) is 5.75 Å². The molecule has 1 aliphatic carbocycles. The van der Waals surface area contributed by atoms with Gasteiger partial charge in [0.1, 0.15) is 11.8 Å². The molecule has 0 radical (unpaired) electrons. The molecule has 1 aliphatic rings. The minimum atomic E-state index is 0.551. The molecule has 1 saturated carbocycles. The number of rotatable bonds is 6. The Balaban J connectivity index is 1.87. The highest BCUT2D eigenvalue weighted by Gasteiger charge is 2.23. The van der Waals surface area contributed by atoms with Gasteiger partial charge in [0.25, 0.3) is 0 Å². The Morgan fingerprint density at radius 2 is 2.05 bits per heavy atom. The predicted molar refractivity (Wildman–Crippen MR) is 81.9 cm³/mol. The van der Waals surface area contributed by atoms with Gasteiger partial charge in [-0.1, -0.05) is 18.9 Å². The third kappa shape index (κ3) is 4.20. The Bertz CT molecular complexity index is 496. The average Bonchev–Trinajstić information content (AvgIpc) is 2.55. The average molecular weight is 288 g/mol. The van der Waals surface area contributed by atoms with E-state index in [4.69, 9.17) is 20.5 Å². The molecule has 114 valence electrons. The van der Waals surface area contributed by atoms with Crippen molar-refractivity contribution in [3.05, 3.63) is 29.3 Å². The van der Waals surface area contributed by atoms with Crippen molar-refractivity contribution >= 4 is 0 Å². The summed E-state index contributed by atoms with van der Waals surface area (Å²) in [5, 5.41) is 8.97. The number of ether oxygens (including phenoxy) is 2. The Morgan fingerprint density at radius 1 is 1.29 bits per heavy atom. The zero-order chi connectivity index (χ0) is 15.1. The van der Waals surface area contributed by atoms with Gasteiger partial charge < -0.3 is 15.2 Å². The van der Waals surface area contributed by atoms with Crippen molar-refractivity contribution in [2.75, 3.05) is 20.3 Å². The lowest BCUT2D eigenvalue weighted by molar-refractivity contribution is 0.0511. The van der Waals surface area contributed by atoms with Gasteiger partial charge in [-0.15, -0.1) is 0 Å². The van der Waals surface area contributed by atoms with E-state index in [1.807, 2.05) is 12.1 Å². The van der Waals surface area contributed by atoms with Crippen molar-refractivity contribution in [1.82, 2.24) is 0 Å². The monoisotopic (exact) mass is 288 g/mol. The molecule has 2 atom stereocenters. The van der Waals surface area contributed by atoms with E-state index in [2.05, 4.69) is 6.07 Å². The first kappa shape index (κ1) is 15.8. The van der Waals surface area contributed by atoms with Crippen molar-refractivity contribution in [1.29, 1.82) is 5.26 Å². The smallest absolute Gasteiger partial charge is 0.136 e. The number of nitriles is 1.